The third kappa shape index (κ3) is 2.65. The van der Waals surface area contributed by atoms with Crippen molar-refractivity contribution in [3.05, 3.63) is 48.0 Å². The summed E-state index contributed by atoms with van der Waals surface area (Å²) >= 11 is 2.08. The van der Waals surface area contributed by atoms with E-state index in [0.717, 1.165) is 5.25 Å². The number of nitrogens with one attached hydrogen (secondary N) is 1. The smallest absolute Gasteiger partial charge is 0.0300 e. The fourth-order valence-electron chi connectivity index (χ4n) is 2.99. The molecule has 1 fully saturated rings. The predicted octanol–water partition coefficient (Wildman–Crippen LogP) is 4.38. The van der Waals surface area contributed by atoms with Crippen molar-refractivity contribution in [2.24, 2.45) is 0 Å². The maximum atomic E-state index is 3.82. The quantitative estimate of drug-likeness (QED) is 0.889. The highest BCUT2D eigenvalue weighted by Gasteiger charge is 2.25. The third-order valence-corrected chi connectivity index (χ3v) is 5.46. The van der Waals surface area contributed by atoms with Crippen molar-refractivity contribution < 1.29 is 0 Å². The van der Waals surface area contributed by atoms with Crippen molar-refractivity contribution in [1.82, 2.24) is 5.32 Å². The van der Waals surface area contributed by atoms with Gasteiger partial charge in [0.05, 0.1) is 0 Å². The molecule has 1 aliphatic rings. The van der Waals surface area contributed by atoms with E-state index in [1.165, 1.54) is 28.5 Å². The molecule has 2 aromatic carbocycles. The molecule has 0 aliphatic carbocycles. The number of fused-ring (bicyclic) bond motifs is 1. The van der Waals surface area contributed by atoms with Gasteiger partial charge in [-0.2, -0.15) is 11.8 Å². The standard InChI is InChI=1S/C17H21NS/c1-12(18-17-10-11-19-13(17)2)15-9-5-7-14-6-3-4-8-16(14)15/h3-9,12-13,17-18H,10-11H2,1-2H3. The van der Waals surface area contributed by atoms with Gasteiger partial charge in [-0.25, -0.2) is 0 Å². The van der Waals surface area contributed by atoms with Gasteiger partial charge in [0.15, 0.2) is 0 Å². The molecule has 19 heavy (non-hydrogen) atoms. The van der Waals surface area contributed by atoms with Crippen molar-refractivity contribution in [1.29, 1.82) is 0 Å². The lowest BCUT2D eigenvalue weighted by Gasteiger charge is -2.23. The van der Waals surface area contributed by atoms with Crippen LogP contribution < -0.4 is 5.32 Å². The molecule has 0 bridgehead atoms. The van der Waals surface area contributed by atoms with Crippen LogP contribution in [0, 0.1) is 0 Å². The zero-order chi connectivity index (χ0) is 13.2. The number of benzene rings is 2. The Labute approximate surface area is 119 Å². The first-order chi connectivity index (χ1) is 9.25. The van der Waals surface area contributed by atoms with Gasteiger partial charge >= 0.3 is 0 Å². The molecular formula is C17H21NS. The van der Waals surface area contributed by atoms with E-state index in [1.54, 1.807) is 0 Å². The summed E-state index contributed by atoms with van der Waals surface area (Å²) in [5.74, 6) is 1.29. The van der Waals surface area contributed by atoms with Crippen molar-refractivity contribution in [2.45, 2.75) is 37.6 Å². The van der Waals surface area contributed by atoms with Crippen molar-refractivity contribution >= 4 is 22.5 Å². The molecule has 2 aromatic rings. The average Bonchev–Trinajstić information content (AvgIpc) is 2.83. The van der Waals surface area contributed by atoms with E-state index >= 15 is 0 Å². The second-order valence-corrected chi connectivity index (χ2v) is 6.91. The van der Waals surface area contributed by atoms with Crippen LogP contribution in [-0.4, -0.2) is 17.0 Å². The van der Waals surface area contributed by atoms with Crippen LogP contribution in [0.2, 0.25) is 0 Å². The van der Waals surface area contributed by atoms with Crippen LogP contribution in [0.3, 0.4) is 0 Å². The van der Waals surface area contributed by atoms with Crippen molar-refractivity contribution in [2.75, 3.05) is 5.75 Å². The molecule has 0 saturated carbocycles. The van der Waals surface area contributed by atoms with E-state index < -0.39 is 0 Å². The Bertz CT molecular complexity index is 561. The minimum atomic E-state index is 0.414. The summed E-state index contributed by atoms with van der Waals surface area (Å²) in [6.07, 6.45) is 1.29. The molecule has 1 saturated heterocycles. The van der Waals surface area contributed by atoms with Gasteiger partial charge in [0.25, 0.3) is 0 Å². The van der Waals surface area contributed by atoms with Gasteiger partial charge in [-0.3, -0.25) is 0 Å². The van der Waals surface area contributed by atoms with Crippen molar-refractivity contribution in [3.63, 3.8) is 0 Å². The zero-order valence-corrected chi connectivity index (χ0v) is 12.4. The predicted molar refractivity (Wildman–Crippen MR) is 85.8 cm³/mol. The normalized spacial score (nSPS) is 24.7. The molecule has 100 valence electrons. The zero-order valence-electron chi connectivity index (χ0n) is 11.6. The minimum absolute atomic E-state index is 0.414. The maximum Gasteiger partial charge on any atom is 0.0300 e. The second-order valence-electron chi connectivity index (χ2n) is 5.43. The Morgan fingerprint density at radius 1 is 1.16 bits per heavy atom. The maximum absolute atomic E-state index is 3.82. The summed E-state index contributed by atoms with van der Waals surface area (Å²) in [7, 11) is 0. The van der Waals surface area contributed by atoms with Gasteiger partial charge in [-0.05, 0) is 35.4 Å². The third-order valence-electron chi connectivity index (χ3n) is 4.13. The van der Waals surface area contributed by atoms with E-state index in [0.29, 0.717) is 12.1 Å². The molecule has 2 heteroatoms. The van der Waals surface area contributed by atoms with Crippen LogP contribution >= 0.6 is 11.8 Å². The summed E-state index contributed by atoms with van der Waals surface area (Å²) in [5, 5.41) is 7.26. The van der Waals surface area contributed by atoms with Crippen LogP contribution in [0.25, 0.3) is 10.8 Å². The fourth-order valence-corrected chi connectivity index (χ4v) is 4.20. The lowest BCUT2D eigenvalue weighted by atomic mass is 9.98. The Morgan fingerprint density at radius 3 is 2.74 bits per heavy atom. The van der Waals surface area contributed by atoms with Gasteiger partial charge in [-0.1, -0.05) is 49.4 Å². The van der Waals surface area contributed by atoms with E-state index in [1.807, 2.05) is 0 Å². The summed E-state index contributed by atoms with van der Waals surface area (Å²) in [6.45, 7) is 4.63. The highest BCUT2D eigenvalue weighted by Crippen LogP contribution is 2.30. The van der Waals surface area contributed by atoms with Crippen LogP contribution in [0.15, 0.2) is 42.5 Å². The van der Waals surface area contributed by atoms with Crippen LogP contribution in [0.1, 0.15) is 31.9 Å². The lowest BCUT2D eigenvalue weighted by Crippen LogP contribution is -2.35. The van der Waals surface area contributed by atoms with Crippen LogP contribution in [0.4, 0.5) is 0 Å². The molecule has 3 atom stereocenters. The van der Waals surface area contributed by atoms with E-state index in [2.05, 4.69) is 73.4 Å². The molecule has 3 unspecified atom stereocenters. The summed E-state index contributed by atoms with van der Waals surface area (Å²) in [5.41, 5.74) is 1.42. The van der Waals surface area contributed by atoms with Gasteiger partial charge < -0.3 is 5.32 Å². The number of hydrogen-bond acceptors (Lipinski definition) is 2. The van der Waals surface area contributed by atoms with Gasteiger partial charge in [-0.15, -0.1) is 0 Å². The van der Waals surface area contributed by atoms with E-state index in [-0.39, 0.29) is 0 Å². The van der Waals surface area contributed by atoms with Gasteiger partial charge in [0.2, 0.25) is 0 Å². The van der Waals surface area contributed by atoms with Gasteiger partial charge in [0, 0.05) is 17.3 Å². The molecule has 0 amide bonds. The Kier molecular flexibility index (Phi) is 3.81. The molecule has 0 spiro atoms. The summed E-state index contributed by atoms with van der Waals surface area (Å²) in [6, 6.07) is 16.4. The highest BCUT2D eigenvalue weighted by molar-refractivity contribution is 8.00. The topological polar surface area (TPSA) is 12.0 Å². The summed E-state index contributed by atoms with van der Waals surface area (Å²) < 4.78 is 0. The van der Waals surface area contributed by atoms with Gasteiger partial charge in [0.1, 0.15) is 0 Å². The molecule has 1 aliphatic heterocycles. The molecular weight excluding hydrogens is 250 g/mol. The van der Waals surface area contributed by atoms with E-state index in [4.69, 9.17) is 0 Å². The summed E-state index contributed by atoms with van der Waals surface area (Å²) in [4.78, 5) is 0. The number of thioether (sulfide) groups is 1. The SMILES string of the molecule is CC(NC1CCSC1C)c1cccc2ccccc12. The van der Waals surface area contributed by atoms with Crippen LogP contribution in [0.5, 0.6) is 0 Å². The molecule has 1 N–H and O–H groups in total. The van der Waals surface area contributed by atoms with Crippen LogP contribution in [-0.2, 0) is 0 Å². The monoisotopic (exact) mass is 271 g/mol. The first-order valence-corrected chi connectivity index (χ1v) is 8.16. The first-order valence-electron chi connectivity index (χ1n) is 7.11. The largest absolute Gasteiger partial charge is 0.306 e. The lowest BCUT2D eigenvalue weighted by molar-refractivity contribution is 0.455. The molecule has 1 heterocycles. The average molecular weight is 271 g/mol. The molecule has 1 nitrogen and oxygen atoms in total. The Hall–Kier alpha value is -0.990. The fraction of sp³-hybridized carbons (Fsp3) is 0.412. The first kappa shape index (κ1) is 13.0. The van der Waals surface area contributed by atoms with E-state index in [9.17, 15) is 0 Å². The Morgan fingerprint density at radius 2 is 1.95 bits per heavy atom. The highest BCUT2D eigenvalue weighted by atomic mass is 32.2. The number of rotatable bonds is 3. The van der Waals surface area contributed by atoms with Crippen molar-refractivity contribution in [3.8, 4) is 0 Å². The number of hydrogen-bond donors (Lipinski definition) is 1. The molecule has 3 rings (SSSR count). The Balaban J connectivity index is 1.87. The molecule has 0 radical (unpaired) electrons. The second kappa shape index (κ2) is 5.56. The molecule has 0 aromatic heterocycles. The minimum Gasteiger partial charge on any atom is -0.306 e.